The number of rotatable bonds is 4. The quantitative estimate of drug-likeness (QED) is 0.293. The van der Waals surface area contributed by atoms with Gasteiger partial charge in [-0.15, -0.1) is 0 Å². The Balaban J connectivity index is 2.87. The first kappa shape index (κ1) is 14.5. The Kier molecular flexibility index (Phi) is 5.11. The van der Waals surface area contributed by atoms with Crippen LogP contribution in [0.1, 0.15) is 11.9 Å². The lowest BCUT2D eigenvalue weighted by atomic mass is 10.3. The summed E-state index contributed by atoms with van der Waals surface area (Å²) in [6.45, 7) is 5.06. The standard InChI is InChI=1S/C10H13ClN4O2S/c1-6(4-12-7(2)16)15(3)9(14-17)10-13-5-8(11)18-10/h4-6,16-17H,2H2,1,3H3/b12-4-,14-9-. The molecule has 0 aliphatic heterocycles. The number of thiazole rings is 1. The molecule has 0 saturated heterocycles. The predicted octanol–water partition coefficient (Wildman–Crippen LogP) is 2.35. The Hall–Kier alpha value is -1.60. The average molecular weight is 289 g/mol. The van der Waals surface area contributed by atoms with Crippen molar-refractivity contribution in [2.45, 2.75) is 13.0 Å². The van der Waals surface area contributed by atoms with E-state index in [1.807, 2.05) is 6.92 Å². The molecule has 0 fully saturated rings. The summed E-state index contributed by atoms with van der Waals surface area (Å²) in [5.74, 6) is -0.00978. The van der Waals surface area contributed by atoms with E-state index in [0.29, 0.717) is 9.34 Å². The maximum atomic E-state index is 9.04. The molecule has 0 aliphatic carbocycles. The van der Waals surface area contributed by atoms with Crippen molar-refractivity contribution in [3.8, 4) is 0 Å². The van der Waals surface area contributed by atoms with Crippen LogP contribution in [0.25, 0.3) is 0 Å². The van der Waals surface area contributed by atoms with E-state index >= 15 is 0 Å². The minimum Gasteiger partial charge on any atom is -0.494 e. The van der Waals surface area contributed by atoms with Gasteiger partial charge >= 0.3 is 0 Å². The van der Waals surface area contributed by atoms with Crippen molar-refractivity contribution in [2.75, 3.05) is 7.05 Å². The first-order valence-corrected chi connectivity index (χ1v) is 6.13. The smallest absolute Gasteiger partial charge is 0.204 e. The monoisotopic (exact) mass is 288 g/mol. The van der Waals surface area contributed by atoms with Crippen molar-refractivity contribution < 1.29 is 10.3 Å². The predicted molar refractivity (Wildman–Crippen MR) is 72.9 cm³/mol. The molecule has 8 heteroatoms. The molecule has 1 aromatic rings. The second-order valence-corrected chi connectivity index (χ2v) is 5.10. The molecule has 1 rings (SSSR count). The summed E-state index contributed by atoms with van der Waals surface area (Å²) >= 11 is 6.98. The van der Waals surface area contributed by atoms with Gasteiger partial charge in [0, 0.05) is 13.3 Å². The topological polar surface area (TPSA) is 81.3 Å². The van der Waals surface area contributed by atoms with Gasteiger partial charge in [-0.05, 0) is 13.5 Å². The third-order valence-electron chi connectivity index (χ3n) is 2.15. The van der Waals surface area contributed by atoms with Crippen LogP contribution in [0.3, 0.4) is 0 Å². The van der Waals surface area contributed by atoms with Crippen LogP contribution in [0.4, 0.5) is 0 Å². The SMILES string of the molecule is C=C(O)/N=C\C(C)N(C)/C(=N\O)c1ncc(Cl)s1. The average Bonchev–Trinajstić information content (AvgIpc) is 2.73. The lowest BCUT2D eigenvalue weighted by Gasteiger charge is -2.22. The van der Waals surface area contributed by atoms with E-state index in [9.17, 15) is 0 Å². The van der Waals surface area contributed by atoms with Crippen molar-refractivity contribution >= 4 is 35.0 Å². The molecule has 0 spiro atoms. The highest BCUT2D eigenvalue weighted by molar-refractivity contribution is 7.17. The Bertz CT molecular complexity index is 486. The molecule has 0 saturated carbocycles. The summed E-state index contributed by atoms with van der Waals surface area (Å²) in [5, 5.41) is 21.6. The van der Waals surface area contributed by atoms with Crippen molar-refractivity contribution in [1.29, 1.82) is 0 Å². The lowest BCUT2D eigenvalue weighted by molar-refractivity contribution is 0.305. The lowest BCUT2D eigenvalue weighted by Crippen LogP contribution is -2.36. The molecule has 1 heterocycles. The summed E-state index contributed by atoms with van der Waals surface area (Å²) in [6.07, 6.45) is 2.96. The van der Waals surface area contributed by atoms with Gasteiger partial charge in [0.1, 0.15) is 4.34 Å². The molecule has 2 N–H and O–H groups in total. The number of oxime groups is 1. The number of amidine groups is 1. The van der Waals surface area contributed by atoms with Gasteiger partial charge in [0.25, 0.3) is 0 Å². The Morgan fingerprint density at radius 2 is 2.39 bits per heavy atom. The summed E-state index contributed by atoms with van der Waals surface area (Å²) < 4.78 is 0.504. The zero-order valence-corrected chi connectivity index (χ0v) is 11.5. The van der Waals surface area contributed by atoms with Crippen molar-refractivity contribution in [2.24, 2.45) is 10.1 Å². The van der Waals surface area contributed by atoms with E-state index in [1.165, 1.54) is 23.7 Å². The molecule has 0 amide bonds. The number of aliphatic hydroxyl groups is 1. The molecule has 0 aliphatic rings. The third kappa shape index (κ3) is 3.71. The molecule has 18 heavy (non-hydrogen) atoms. The fourth-order valence-electron chi connectivity index (χ4n) is 1.11. The molecule has 0 aromatic carbocycles. The van der Waals surface area contributed by atoms with Gasteiger partial charge in [-0.3, -0.25) is 0 Å². The van der Waals surface area contributed by atoms with Crippen LogP contribution >= 0.6 is 22.9 Å². The molecule has 0 radical (unpaired) electrons. The van der Waals surface area contributed by atoms with Crippen molar-refractivity contribution in [3.63, 3.8) is 0 Å². The van der Waals surface area contributed by atoms with Gasteiger partial charge < -0.3 is 15.2 Å². The van der Waals surface area contributed by atoms with Gasteiger partial charge in [-0.25, -0.2) is 9.98 Å². The zero-order chi connectivity index (χ0) is 13.7. The number of hydrogen-bond donors (Lipinski definition) is 2. The maximum Gasteiger partial charge on any atom is 0.204 e. The number of aliphatic hydroxyl groups excluding tert-OH is 1. The summed E-state index contributed by atoms with van der Waals surface area (Å²) in [4.78, 5) is 9.34. The Morgan fingerprint density at radius 1 is 1.72 bits per heavy atom. The Morgan fingerprint density at radius 3 is 2.83 bits per heavy atom. The summed E-state index contributed by atoms with van der Waals surface area (Å²) in [6, 6.07) is -0.220. The van der Waals surface area contributed by atoms with Gasteiger partial charge in [-0.2, -0.15) is 0 Å². The number of aliphatic imine (C=N–C) groups is 1. The highest BCUT2D eigenvalue weighted by atomic mass is 35.5. The van der Waals surface area contributed by atoms with Crippen molar-refractivity contribution in [1.82, 2.24) is 9.88 Å². The third-order valence-corrected chi connectivity index (χ3v) is 3.26. The molecule has 0 bridgehead atoms. The van der Waals surface area contributed by atoms with Crippen LogP contribution in [-0.2, 0) is 0 Å². The molecular weight excluding hydrogens is 276 g/mol. The highest BCUT2D eigenvalue weighted by Gasteiger charge is 2.18. The second kappa shape index (κ2) is 6.36. The van der Waals surface area contributed by atoms with Crippen LogP contribution in [-0.4, -0.2) is 45.3 Å². The van der Waals surface area contributed by atoms with Crippen molar-refractivity contribution in [3.05, 3.63) is 28.0 Å². The fraction of sp³-hybridized carbons (Fsp3) is 0.300. The van der Waals surface area contributed by atoms with E-state index in [1.54, 1.807) is 11.9 Å². The minimum absolute atomic E-state index is 0.220. The van der Waals surface area contributed by atoms with E-state index < -0.39 is 0 Å². The second-order valence-electron chi connectivity index (χ2n) is 3.44. The minimum atomic E-state index is -0.282. The van der Waals surface area contributed by atoms with Crippen LogP contribution in [0.15, 0.2) is 28.8 Å². The molecule has 98 valence electrons. The fourth-order valence-corrected chi connectivity index (χ4v) is 2.05. The van der Waals surface area contributed by atoms with E-state index in [-0.39, 0.29) is 17.8 Å². The number of halogens is 1. The molecule has 1 atom stereocenters. The van der Waals surface area contributed by atoms with E-state index in [4.69, 9.17) is 21.9 Å². The molecule has 1 unspecified atom stereocenters. The normalized spacial score (nSPS) is 13.8. The first-order valence-electron chi connectivity index (χ1n) is 4.94. The first-order chi connectivity index (χ1) is 8.45. The summed E-state index contributed by atoms with van der Waals surface area (Å²) in [7, 11) is 1.71. The maximum absolute atomic E-state index is 9.04. The largest absolute Gasteiger partial charge is 0.494 e. The molecule has 6 nitrogen and oxygen atoms in total. The van der Waals surface area contributed by atoms with Crippen LogP contribution in [0, 0.1) is 0 Å². The van der Waals surface area contributed by atoms with Gasteiger partial charge in [0.2, 0.25) is 11.7 Å². The van der Waals surface area contributed by atoms with Crippen LogP contribution in [0.5, 0.6) is 0 Å². The van der Waals surface area contributed by atoms with E-state index in [0.717, 1.165) is 0 Å². The van der Waals surface area contributed by atoms with Gasteiger partial charge in [-0.1, -0.05) is 28.1 Å². The zero-order valence-electron chi connectivity index (χ0n) is 9.91. The molecule has 1 aromatic heterocycles. The Labute approximate surface area is 114 Å². The van der Waals surface area contributed by atoms with Crippen LogP contribution < -0.4 is 0 Å². The van der Waals surface area contributed by atoms with E-state index in [2.05, 4.69) is 21.7 Å². The number of hydrogen-bond acceptors (Lipinski definition) is 6. The van der Waals surface area contributed by atoms with Gasteiger partial charge in [0.05, 0.1) is 12.2 Å². The molecular formula is C10H13ClN4O2S. The number of nitrogens with zero attached hydrogens (tertiary/aromatic N) is 4. The van der Waals surface area contributed by atoms with Gasteiger partial charge in [0.15, 0.2) is 5.01 Å². The highest BCUT2D eigenvalue weighted by Crippen LogP contribution is 2.20. The summed E-state index contributed by atoms with van der Waals surface area (Å²) in [5.41, 5.74) is 0. The number of aromatic nitrogens is 1. The van der Waals surface area contributed by atoms with Crippen LogP contribution in [0.2, 0.25) is 4.34 Å².